The maximum absolute atomic E-state index is 11.5. The number of hydrogen-bond acceptors (Lipinski definition) is 3. The van der Waals surface area contributed by atoms with E-state index in [1.54, 1.807) is 18.3 Å². The Morgan fingerprint density at radius 1 is 1.38 bits per heavy atom. The van der Waals surface area contributed by atoms with Gasteiger partial charge < -0.3 is 0 Å². The lowest BCUT2D eigenvalue weighted by Crippen LogP contribution is -2.04. The zero-order chi connectivity index (χ0) is 11.8. The Morgan fingerprint density at radius 2 is 2.12 bits per heavy atom. The van der Waals surface area contributed by atoms with Gasteiger partial charge in [-0.1, -0.05) is 19.1 Å². The third kappa shape index (κ3) is 2.47. The molecular formula is C11H11BrO2S2. The van der Waals surface area contributed by atoms with Crippen LogP contribution in [0.15, 0.2) is 28.7 Å². The molecule has 5 heteroatoms. The van der Waals surface area contributed by atoms with E-state index in [9.17, 15) is 8.42 Å². The highest BCUT2D eigenvalue weighted by Crippen LogP contribution is 2.32. The predicted molar refractivity (Wildman–Crippen MR) is 72.7 cm³/mol. The highest BCUT2D eigenvalue weighted by Gasteiger charge is 2.12. The van der Waals surface area contributed by atoms with Crippen molar-refractivity contribution < 1.29 is 8.42 Å². The molecule has 1 heterocycles. The maximum Gasteiger partial charge on any atom is 0.154 e. The number of thiophene rings is 1. The van der Waals surface area contributed by atoms with E-state index in [0.717, 1.165) is 19.4 Å². The smallest absolute Gasteiger partial charge is 0.154 e. The molecule has 0 radical (unpaired) electrons. The van der Waals surface area contributed by atoms with Crippen molar-refractivity contribution in [3.63, 3.8) is 0 Å². The molecule has 2 rings (SSSR count). The molecule has 16 heavy (non-hydrogen) atoms. The van der Waals surface area contributed by atoms with Gasteiger partial charge in [-0.3, -0.25) is 0 Å². The van der Waals surface area contributed by atoms with Crippen molar-refractivity contribution in [2.45, 2.75) is 12.7 Å². The molecule has 0 bridgehead atoms. The molecule has 0 atom stereocenters. The fourth-order valence-electron chi connectivity index (χ4n) is 1.47. The van der Waals surface area contributed by atoms with Crippen LogP contribution in [0.1, 0.15) is 11.8 Å². The number of fused-ring (bicyclic) bond motifs is 1. The van der Waals surface area contributed by atoms with Crippen LogP contribution in [-0.2, 0) is 15.6 Å². The van der Waals surface area contributed by atoms with Gasteiger partial charge in [0, 0.05) is 19.8 Å². The van der Waals surface area contributed by atoms with E-state index >= 15 is 0 Å². The van der Waals surface area contributed by atoms with Crippen LogP contribution in [0, 0.1) is 0 Å². The van der Waals surface area contributed by atoms with Crippen LogP contribution in [0.3, 0.4) is 0 Å². The Morgan fingerprint density at radius 3 is 2.75 bits per heavy atom. The van der Waals surface area contributed by atoms with Crippen LogP contribution >= 0.6 is 27.3 Å². The lowest BCUT2D eigenvalue weighted by Gasteiger charge is -1.96. The van der Waals surface area contributed by atoms with Gasteiger partial charge in [0.05, 0.1) is 5.75 Å². The highest BCUT2D eigenvalue weighted by molar-refractivity contribution is 9.10. The van der Waals surface area contributed by atoms with Crippen molar-refractivity contribution >= 4 is 47.2 Å². The summed E-state index contributed by atoms with van der Waals surface area (Å²) in [6, 6.07) is 7.88. The normalized spacial score (nSPS) is 12.1. The minimum Gasteiger partial charge on any atom is -0.228 e. The minimum atomic E-state index is -2.94. The molecule has 0 saturated heterocycles. The minimum absolute atomic E-state index is 0.148. The molecule has 0 amide bonds. The number of sulfone groups is 1. The first kappa shape index (κ1) is 12.1. The summed E-state index contributed by atoms with van der Waals surface area (Å²) in [5.41, 5.74) is 0. The summed E-state index contributed by atoms with van der Waals surface area (Å²) in [5, 5.41) is 1.10. The largest absolute Gasteiger partial charge is 0.228 e. The second kappa shape index (κ2) is 4.47. The van der Waals surface area contributed by atoms with Crippen LogP contribution in [0.4, 0.5) is 0 Å². The maximum atomic E-state index is 11.5. The Labute approximate surface area is 107 Å². The van der Waals surface area contributed by atoms with E-state index in [2.05, 4.69) is 15.9 Å². The molecule has 2 aromatic rings. The fraction of sp³-hybridized carbons (Fsp3) is 0.273. The van der Waals surface area contributed by atoms with Gasteiger partial charge in [-0.05, 0) is 33.4 Å². The van der Waals surface area contributed by atoms with Crippen LogP contribution in [0.2, 0.25) is 0 Å². The Balaban J connectivity index is 2.45. The van der Waals surface area contributed by atoms with Gasteiger partial charge in [-0.25, -0.2) is 8.42 Å². The molecule has 0 aliphatic carbocycles. The number of rotatable bonds is 3. The molecule has 1 aromatic carbocycles. The molecule has 0 fully saturated rings. The van der Waals surface area contributed by atoms with E-state index in [1.807, 2.05) is 24.3 Å². The Hall–Kier alpha value is -0.390. The summed E-state index contributed by atoms with van der Waals surface area (Å²) in [6.45, 7) is 1.68. The van der Waals surface area contributed by atoms with E-state index in [1.165, 1.54) is 0 Å². The molecule has 0 spiro atoms. The molecule has 0 unspecified atom stereocenters. The molecule has 0 saturated carbocycles. The molecule has 86 valence electrons. The fourth-order valence-corrected chi connectivity index (χ4v) is 4.45. The van der Waals surface area contributed by atoms with Crippen molar-refractivity contribution in [1.82, 2.24) is 0 Å². The zero-order valence-corrected chi connectivity index (χ0v) is 12.0. The Kier molecular flexibility index (Phi) is 3.37. The number of hydrogen-bond donors (Lipinski definition) is 0. The summed E-state index contributed by atoms with van der Waals surface area (Å²) < 4.78 is 25.2. The van der Waals surface area contributed by atoms with Gasteiger partial charge in [0.15, 0.2) is 9.84 Å². The zero-order valence-electron chi connectivity index (χ0n) is 8.73. The van der Waals surface area contributed by atoms with Crippen molar-refractivity contribution in [3.05, 3.63) is 33.6 Å². The van der Waals surface area contributed by atoms with Crippen LogP contribution < -0.4 is 0 Å². The van der Waals surface area contributed by atoms with Crippen molar-refractivity contribution in [1.29, 1.82) is 0 Å². The Bertz CT molecular complexity index is 614. The first-order chi connectivity index (χ1) is 7.52. The summed E-state index contributed by atoms with van der Waals surface area (Å²) >= 11 is 5.01. The SMILES string of the molecule is CCS(=O)(=O)Cc1cc2cccc(Br)c2s1. The molecule has 2 nitrogen and oxygen atoms in total. The number of halogens is 1. The van der Waals surface area contributed by atoms with Gasteiger partial charge in [0.25, 0.3) is 0 Å². The number of benzene rings is 1. The van der Waals surface area contributed by atoms with Crippen molar-refractivity contribution in [2.75, 3.05) is 5.75 Å². The predicted octanol–water partition coefficient (Wildman–Crippen LogP) is 3.60. The molecule has 0 N–H and O–H groups in total. The van der Waals surface area contributed by atoms with Gasteiger partial charge in [-0.2, -0.15) is 0 Å². The molecule has 1 aromatic heterocycles. The van der Waals surface area contributed by atoms with Gasteiger partial charge in [0.2, 0.25) is 0 Å². The third-order valence-corrected chi connectivity index (χ3v) is 6.27. The quantitative estimate of drug-likeness (QED) is 0.866. The average Bonchev–Trinajstić information content (AvgIpc) is 2.61. The highest BCUT2D eigenvalue weighted by atomic mass is 79.9. The monoisotopic (exact) mass is 318 g/mol. The van der Waals surface area contributed by atoms with Crippen molar-refractivity contribution in [2.24, 2.45) is 0 Å². The summed E-state index contributed by atoms with van der Waals surface area (Å²) in [5.74, 6) is 0.345. The second-order valence-corrected chi connectivity index (χ2v) is 7.89. The van der Waals surface area contributed by atoms with E-state index in [0.29, 0.717) is 0 Å². The molecular weight excluding hydrogens is 308 g/mol. The standard InChI is InChI=1S/C11H11BrO2S2/c1-2-16(13,14)7-9-6-8-4-3-5-10(12)11(8)15-9/h3-6H,2,7H2,1H3. The topological polar surface area (TPSA) is 34.1 Å². The first-order valence-corrected chi connectivity index (χ1v) is 8.32. The van der Waals surface area contributed by atoms with E-state index in [4.69, 9.17) is 0 Å². The average molecular weight is 319 g/mol. The van der Waals surface area contributed by atoms with Gasteiger partial charge in [-0.15, -0.1) is 11.3 Å². The van der Waals surface area contributed by atoms with Crippen LogP contribution in [-0.4, -0.2) is 14.2 Å². The van der Waals surface area contributed by atoms with E-state index < -0.39 is 9.84 Å². The first-order valence-electron chi connectivity index (χ1n) is 4.89. The summed E-state index contributed by atoms with van der Waals surface area (Å²) in [7, 11) is -2.94. The summed E-state index contributed by atoms with van der Waals surface area (Å²) in [6.07, 6.45) is 0. The van der Waals surface area contributed by atoms with Gasteiger partial charge >= 0.3 is 0 Å². The van der Waals surface area contributed by atoms with E-state index in [-0.39, 0.29) is 11.5 Å². The van der Waals surface area contributed by atoms with Crippen LogP contribution in [0.25, 0.3) is 10.1 Å². The molecule has 0 aliphatic heterocycles. The molecule has 0 aliphatic rings. The second-order valence-electron chi connectivity index (χ2n) is 3.55. The van der Waals surface area contributed by atoms with Crippen LogP contribution in [0.5, 0.6) is 0 Å². The lowest BCUT2D eigenvalue weighted by atomic mass is 10.2. The summed E-state index contributed by atoms with van der Waals surface area (Å²) in [4.78, 5) is 0.906. The lowest BCUT2D eigenvalue weighted by molar-refractivity contribution is 0.597. The third-order valence-electron chi connectivity index (χ3n) is 2.35. The van der Waals surface area contributed by atoms with Crippen molar-refractivity contribution in [3.8, 4) is 0 Å². The van der Waals surface area contributed by atoms with Gasteiger partial charge in [0.1, 0.15) is 0 Å².